The lowest BCUT2D eigenvalue weighted by Crippen LogP contribution is -2.27. The number of carbonyl (C=O) groups excluding carboxylic acids is 1. The number of benzene rings is 2. The van der Waals surface area contributed by atoms with Gasteiger partial charge in [-0.05, 0) is 29.8 Å². The SMILES string of the molecule is COc1cccc(CC(=O)N(C)Cc2nc3ccccc3s2)c1. The fourth-order valence-electron chi connectivity index (χ4n) is 2.37. The summed E-state index contributed by atoms with van der Waals surface area (Å²) in [6, 6.07) is 15.6. The number of rotatable bonds is 5. The van der Waals surface area contributed by atoms with Crippen LogP contribution in [0.2, 0.25) is 0 Å². The number of carbonyl (C=O) groups is 1. The Morgan fingerprint density at radius 3 is 2.83 bits per heavy atom. The summed E-state index contributed by atoms with van der Waals surface area (Å²) >= 11 is 1.63. The zero-order valence-electron chi connectivity index (χ0n) is 13.2. The Balaban J connectivity index is 1.67. The molecule has 0 saturated carbocycles. The number of hydrogen-bond acceptors (Lipinski definition) is 4. The highest BCUT2D eigenvalue weighted by Crippen LogP contribution is 2.22. The van der Waals surface area contributed by atoms with Crippen LogP contribution in [0, 0.1) is 0 Å². The predicted octanol–water partition coefficient (Wildman–Crippen LogP) is 3.51. The minimum absolute atomic E-state index is 0.0671. The first-order valence-electron chi connectivity index (χ1n) is 7.37. The zero-order chi connectivity index (χ0) is 16.2. The van der Waals surface area contributed by atoms with Crippen LogP contribution >= 0.6 is 11.3 Å². The standard InChI is InChI=1S/C18H18N2O2S/c1-20(12-17-19-15-8-3-4-9-16(15)23-17)18(21)11-13-6-5-7-14(10-13)22-2/h3-10H,11-12H2,1-2H3. The van der Waals surface area contributed by atoms with Crippen LogP contribution in [-0.4, -0.2) is 29.9 Å². The van der Waals surface area contributed by atoms with Crippen LogP contribution < -0.4 is 4.74 Å². The molecule has 0 aliphatic carbocycles. The Kier molecular flexibility index (Phi) is 4.57. The number of fused-ring (bicyclic) bond motifs is 1. The molecule has 0 bridgehead atoms. The summed E-state index contributed by atoms with van der Waals surface area (Å²) < 4.78 is 6.34. The van der Waals surface area contributed by atoms with Crippen molar-refractivity contribution in [2.45, 2.75) is 13.0 Å². The molecule has 0 saturated heterocycles. The largest absolute Gasteiger partial charge is 0.497 e. The molecule has 23 heavy (non-hydrogen) atoms. The molecule has 3 rings (SSSR count). The molecule has 0 atom stereocenters. The number of nitrogens with zero attached hydrogens (tertiary/aromatic N) is 2. The molecule has 0 fully saturated rings. The fourth-order valence-corrected chi connectivity index (χ4v) is 3.39. The minimum atomic E-state index is 0.0671. The van der Waals surface area contributed by atoms with E-state index < -0.39 is 0 Å². The molecule has 2 aromatic carbocycles. The van der Waals surface area contributed by atoms with Gasteiger partial charge in [0.25, 0.3) is 0 Å². The second-order valence-corrected chi connectivity index (χ2v) is 6.47. The maximum atomic E-state index is 12.4. The molecule has 0 aliphatic heterocycles. The van der Waals surface area contributed by atoms with Crippen molar-refractivity contribution in [2.75, 3.05) is 14.2 Å². The van der Waals surface area contributed by atoms with Crippen molar-refractivity contribution >= 4 is 27.5 Å². The van der Waals surface area contributed by atoms with Gasteiger partial charge in [0.15, 0.2) is 0 Å². The van der Waals surface area contributed by atoms with Gasteiger partial charge in [-0.15, -0.1) is 11.3 Å². The molecule has 1 amide bonds. The molecular formula is C18H18N2O2S. The second-order valence-electron chi connectivity index (χ2n) is 5.35. The molecule has 1 aromatic heterocycles. The summed E-state index contributed by atoms with van der Waals surface area (Å²) in [7, 11) is 3.44. The summed E-state index contributed by atoms with van der Waals surface area (Å²) in [5.41, 5.74) is 1.94. The van der Waals surface area contributed by atoms with Gasteiger partial charge in [0.05, 0.1) is 30.3 Å². The molecule has 0 N–H and O–H groups in total. The highest BCUT2D eigenvalue weighted by Gasteiger charge is 2.13. The number of aromatic nitrogens is 1. The average Bonchev–Trinajstić information content (AvgIpc) is 2.97. The molecule has 0 radical (unpaired) electrons. The van der Waals surface area contributed by atoms with Crippen LogP contribution in [0.3, 0.4) is 0 Å². The van der Waals surface area contributed by atoms with E-state index in [9.17, 15) is 4.79 Å². The third-order valence-corrected chi connectivity index (χ3v) is 4.65. The Labute approximate surface area is 139 Å². The molecule has 5 heteroatoms. The third-order valence-electron chi connectivity index (χ3n) is 3.63. The van der Waals surface area contributed by atoms with Crippen LogP contribution in [0.4, 0.5) is 0 Å². The molecule has 0 aliphatic rings. The first kappa shape index (κ1) is 15.5. The zero-order valence-corrected chi connectivity index (χ0v) is 14.0. The third kappa shape index (κ3) is 3.68. The molecule has 1 heterocycles. The number of amides is 1. The van der Waals surface area contributed by atoms with E-state index in [1.807, 2.05) is 49.5 Å². The highest BCUT2D eigenvalue weighted by molar-refractivity contribution is 7.18. The van der Waals surface area contributed by atoms with Gasteiger partial charge < -0.3 is 9.64 Å². The fraction of sp³-hybridized carbons (Fsp3) is 0.222. The van der Waals surface area contributed by atoms with Crippen LogP contribution in [0.15, 0.2) is 48.5 Å². The van der Waals surface area contributed by atoms with Crippen molar-refractivity contribution in [3.8, 4) is 5.75 Å². The van der Waals surface area contributed by atoms with Crippen molar-refractivity contribution in [3.05, 3.63) is 59.1 Å². The van der Waals surface area contributed by atoms with E-state index in [2.05, 4.69) is 11.1 Å². The first-order valence-corrected chi connectivity index (χ1v) is 8.18. The molecule has 0 spiro atoms. The lowest BCUT2D eigenvalue weighted by atomic mass is 10.1. The summed E-state index contributed by atoms with van der Waals surface area (Å²) in [4.78, 5) is 18.7. The van der Waals surface area contributed by atoms with E-state index >= 15 is 0 Å². The average molecular weight is 326 g/mol. The maximum absolute atomic E-state index is 12.4. The van der Waals surface area contributed by atoms with Gasteiger partial charge in [-0.2, -0.15) is 0 Å². The van der Waals surface area contributed by atoms with Gasteiger partial charge in [0.2, 0.25) is 5.91 Å². The normalized spacial score (nSPS) is 10.7. The number of methoxy groups -OCH3 is 1. The van der Waals surface area contributed by atoms with E-state index in [1.165, 1.54) is 0 Å². The molecule has 4 nitrogen and oxygen atoms in total. The van der Waals surface area contributed by atoms with Crippen LogP contribution in [-0.2, 0) is 17.8 Å². The van der Waals surface area contributed by atoms with Gasteiger partial charge in [0, 0.05) is 7.05 Å². The summed E-state index contributed by atoms with van der Waals surface area (Å²) in [5.74, 6) is 0.835. The van der Waals surface area contributed by atoms with E-state index in [4.69, 9.17) is 4.74 Å². The number of hydrogen-bond donors (Lipinski definition) is 0. The molecular weight excluding hydrogens is 308 g/mol. The van der Waals surface area contributed by atoms with Crippen LogP contribution in [0.5, 0.6) is 5.75 Å². The Morgan fingerprint density at radius 1 is 1.22 bits per heavy atom. The van der Waals surface area contributed by atoms with Crippen LogP contribution in [0.1, 0.15) is 10.6 Å². The minimum Gasteiger partial charge on any atom is -0.497 e. The van der Waals surface area contributed by atoms with Gasteiger partial charge in [-0.1, -0.05) is 24.3 Å². The van der Waals surface area contributed by atoms with Gasteiger partial charge in [0.1, 0.15) is 10.8 Å². The highest BCUT2D eigenvalue weighted by atomic mass is 32.1. The van der Waals surface area contributed by atoms with Gasteiger partial charge >= 0.3 is 0 Å². The molecule has 118 valence electrons. The summed E-state index contributed by atoms with van der Waals surface area (Å²) in [5, 5.41) is 0.952. The van der Waals surface area contributed by atoms with E-state index in [0.29, 0.717) is 13.0 Å². The van der Waals surface area contributed by atoms with E-state index in [-0.39, 0.29) is 5.91 Å². The van der Waals surface area contributed by atoms with Gasteiger partial charge in [-0.3, -0.25) is 4.79 Å². The monoisotopic (exact) mass is 326 g/mol. The molecule has 0 unspecified atom stereocenters. The Hall–Kier alpha value is -2.40. The predicted molar refractivity (Wildman–Crippen MR) is 92.8 cm³/mol. The van der Waals surface area contributed by atoms with Gasteiger partial charge in [-0.25, -0.2) is 4.98 Å². The van der Waals surface area contributed by atoms with E-state index in [1.54, 1.807) is 23.3 Å². The van der Waals surface area contributed by atoms with Crippen LogP contribution in [0.25, 0.3) is 10.2 Å². The van der Waals surface area contributed by atoms with E-state index in [0.717, 1.165) is 26.5 Å². The summed E-state index contributed by atoms with van der Waals surface area (Å²) in [6.07, 6.45) is 0.360. The smallest absolute Gasteiger partial charge is 0.227 e. The second kappa shape index (κ2) is 6.79. The van der Waals surface area contributed by atoms with Crippen molar-refractivity contribution in [2.24, 2.45) is 0 Å². The maximum Gasteiger partial charge on any atom is 0.227 e. The number of ether oxygens (including phenoxy) is 1. The number of para-hydroxylation sites is 1. The lowest BCUT2D eigenvalue weighted by Gasteiger charge is -2.15. The molecule has 3 aromatic rings. The van der Waals surface area contributed by atoms with Crippen molar-refractivity contribution in [3.63, 3.8) is 0 Å². The number of likely N-dealkylation sites (N-methyl/N-ethyl adjacent to an activating group) is 1. The first-order chi connectivity index (χ1) is 11.2. The Bertz CT molecular complexity index is 796. The summed E-state index contributed by atoms with van der Waals surface area (Å²) in [6.45, 7) is 0.530. The van der Waals surface area contributed by atoms with Crippen molar-refractivity contribution < 1.29 is 9.53 Å². The Morgan fingerprint density at radius 2 is 2.04 bits per heavy atom. The topological polar surface area (TPSA) is 42.4 Å². The quantitative estimate of drug-likeness (QED) is 0.720. The lowest BCUT2D eigenvalue weighted by molar-refractivity contribution is -0.129. The number of thiazole rings is 1. The van der Waals surface area contributed by atoms with Crippen molar-refractivity contribution in [1.29, 1.82) is 0 Å². The van der Waals surface area contributed by atoms with Crippen molar-refractivity contribution in [1.82, 2.24) is 9.88 Å².